The van der Waals surface area contributed by atoms with Crippen LogP contribution >= 0.6 is 0 Å². The maximum Gasteiger partial charge on any atom is 0.260 e. The fourth-order valence-corrected chi connectivity index (χ4v) is 2.53. The summed E-state index contributed by atoms with van der Waals surface area (Å²) >= 11 is 0. The molecule has 1 aromatic rings. The molecule has 0 aromatic heterocycles. The topological polar surface area (TPSA) is 49.8 Å². The number of halogens is 1. The lowest BCUT2D eigenvalue weighted by molar-refractivity contribution is -0.135. The Kier molecular flexibility index (Phi) is 4.60. The van der Waals surface area contributed by atoms with Gasteiger partial charge in [-0.3, -0.25) is 4.79 Å². The highest BCUT2D eigenvalue weighted by Gasteiger charge is 2.33. The van der Waals surface area contributed by atoms with Crippen LogP contribution in [-0.2, 0) is 4.79 Å². The monoisotopic (exact) mass is 281 g/mol. The first-order valence-electron chi connectivity index (χ1n) is 6.84. The molecule has 1 fully saturated rings. The van der Waals surface area contributed by atoms with Crippen LogP contribution in [0.4, 0.5) is 4.39 Å². The second-order valence-electron chi connectivity index (χ2n) is 5.40. The number of amides is 1. The van der Waals surface area contributed by atoms with Gasteiger partial charge in [0.1, 0.15) is 0 Å². The molecule has 1 N–H and O–H groups in total. The minimum absolute atomic E-state index is 0.0637. The SMILES string of the molecule is CN(CC1(O)CCCC1)C(=O)COc1ccccc1F. The number of hydrogen-bond donors (Lipinski definition) is 1. The van der Waals surface area contributed by atoms with E-state index in [9.17, 15) is 14.3 Å². The molecular weight excluding hydrogens is 261 g/mol. The lowest BCUT2D eigenvalue weighted by Crippen LogP contribution is -2.43. The molecule has 110 valence electrons. The third kappa shape index (κ3) is 3.70. The summed E-state index contributed by atoms with van der Waals surface area (Å²) in [4.78, 5) is 13.4. The normalized spacial score (nSPS) is 16.9. The fourth-order valence-electron chi connectivity index (χ4n) is 2.53. The van der Waals surface area contributed by atoms with Gasteiger partial charge in [0.25, 0.3) is 5.91 Å². The van der Waals surface area contributed by atoms with E-state index in [4.69, 9.17) is 4.74 Å². The van der Waals surface area contributed by atoms with Crippen LogP contribution in [0.3, 0.4) is 0 Å². The predicted molar refractivity (Wildman–Crippen MR) is 72.9 cm³/mol. The molecule has 5 heteroatoms. The number of aliphatic hydroxyl groups is 1. The van der Waals surface area contributed by atoms with E-state index in [2.05, 4.69) is 0 Å². The number of carbonyl (C=O) groups excluding carboxylic acids is 1. The van der Waals surface area contributed by atoms with Gasteiger partial charge in [0.15, 0.2) is 18.2 Å². The minimum Gasteiger partial charge on any atom is -0.481 e. The van der Waals surface area contributed by atoms with E-state index in [0.717, 1.165) is 25.7 Å². The van der Waals surface area contributed by atoms with Gasteiger partial charge in [-0.25, -0.2) is 4.39 Å². The zero-order chi connectivity index (χ0) is 14.6. The zero-order valence-corrected chi connectivity index (χ0v) is 11.6. The molecule has 0 atom stereocenters. The maximum absolute atomic E-state index is 13.3. The highest BCUT2D eigenvalue weighted by atomic mass is 19.1. The number of nitrogens with zero attached hydrogens (tertiary/aromatic N) is 1. The average Bonchev–Trinajstić information content (AvgIpc) is 2.84. The lowest BCUT2D eigenvalue weighted by Gasteiger charge is -2.28. The highest BCUT2D eigenvalue weighted by molar-refractivity contribution is 5.77. The van der Waals surface area contributed by atoms with Gasteiger partial charge >= 0.3 is 0 Å². The molecule has 0 heterocycles. The smallest absolute Gasteiger partial charge is 0.260 e. The molecular formula is C15H20FNO3. The summed E-state index contributed by atoms with van der Waals surface area (Å²) in [6, 6.07) is 5.97. The van der Waals surface area contributed by atoms with Crippen molar-refractivity contribution in [3.8, 4) is 5.75 Å². The molecule has 0 spiro atoms. The van der Waals surface area contributed by atoms with Crippen molar-refractivity contribution in [1.82, 2.24) is 4.90 Å². The number of benzene rings is 1. The van der Waals surface area contributed by atoms with Crippen LogP contribution in [0, 0.1) is 5.82 Å². The van der Waals surface area contributed by atoms with Crippen molar-refractivity contribution in [3.05, 3.63) is 30.1 Å². The highest BCUT2D eigenvalue weighted by Crippen LogP contribution is 2.29. The third-order valence-electron chi connectivity index (χ3n) is 3.68. The van der Waals surface area contributed by atoms with E-state index in [1.807, 2.05) is 0 Å². The Balaban J connectivity index is 1.84. The Labute approximate surface area is 118 Å². The summed E-state index contributed by atoms with van der Waals surface area (Å²) in [7, 11) is 1.63. The van der Waals surface area contributed by atoms with Crippen molar-refractivity contribution in [2.45, 2.75) is 31.3 Å². The second-order valence-corrected chi connectivity index (χ2v) is 5.40. The number of para-hydroxylation sites is 1. The Morgan fingerprint density at radius 3 is 2.70 bits per heavy atom. The van der Waals surface area contributed by atoms with E-state index < -0.39 is 11.4 Å². The fraction of sp³-hybridized carbons (Fsp3) is 0.533. The Hall–Kier alpha value is -1.62. The number of ether oxygens (including phenoxy) is 1. The maximum atomic E-state index is 13.3. The van der Waals surface area contributed by atoms with Crippen LogP contribution in [0.25, 0.3) is 0 Å². The number of likely N-dealkylation sites (N-methyl/N-ethyl adjacent to an activating group) is 1. The quantitative estimate of drug-likeness (QED) is 0.897. The summed E-state index contributed by atoms with van der Waals surface area (Å²) in [5.41, 5.74) is -0.775. The van der Waals surface area contributed by atoms with Gasteiger partial charge in [0.2, 0.25) is 0 Å². The number of carbonyl (C=O) groups is 1. The van der Waals surface area contributed by atoms with Gasteiger partial charge in [-0.1, -0.05) is 25.0 Å². The van der Waals surface area contributed by atoms with E-state index in [0.29, 0.717) is 6.54 Å². The van der Waals surface area contributed by atoms with Crippen molar-refractivity contribution in [1.29, 1.82) is 0 Å². The van der Waals surface area contributed by atoms with Gasteiger partial charge in [-0.05, 0) is 25.0 Å². The van der Waals surface area contributed by atoms with Crippen molar-refractivity contribution in [2.24, 2.45) is 0 Å². The third-order valence-corrected chi connectivity index (χ3v) is 3.68. The number of rotatable bonds is 5. The van der Waals surface area contributed by atoms with Crippen LogP contribution in [-0.4, -0.2) is 41.7 Å². The summed E-state index contributed by atoms with van der Waals surface area (Å²) in [6.07, 6.45) is 3.42. The van der Waals surface area contributed by atoms with E-state index in [-0.39, 0.29) is 18.3 Å². The van der Waals surface area contributed by atoms with Gasteiger partial charge in [0.05, 0.1) is 5.60 Å². The van der Waals surface area contributed by atoms with Crippen LogP contribution in [0.5, 0.6) is 5.75 Å². The Bertz CT molecular complexity index is 472. The molecule has 0 aliphatic heterocycles. The molecule has 0 bridgehead atoms. The average molecular weight is 281 g/mol. The minimum atomic E-state index is -0.775. The standard InChI is InChI=1S/C15H20FNO3/c1-17(11-15(19)8-4-5-9-15)14(18)10-20-13-7-3-2-6-12(13)16/h2-3,6-7,19H,4-5,8-11H2,1H3. The van der Waals surface area contributed by atoms with Crippen molar-refractivity contribution < 1.29 is 19.0 Å². The lowest BCUT2D eigenvalue weighted by atomic mass is 10.0. The molecule has 1 aliphatic carbocycles. The summed E-state index contributed by atoms with van der Waals surface area (Å²) in [6.45, 7) is 0.0694. The largest absolute Gasteiger partial charge is 0.481 e. The molecule has 1 aliphatic rings. The van der Waals surface area contributed by atoms with Crippen molar-refractivity contribution in [2.75, 3.05) is 20.2 Å². The van der Waals surface area contributed by atoms with E-state index >= 15 is 0 Å². The van der Waals surface area contributed by atoms with E-state index in [1.165, 1.54) is 17.0 Å². The summed E-state index contributed by atoms with van der Waals surface area (Å²) in [5, 5.41) is 10.2. The molecule has 0 saturated heterocycles. The van der Waals surface area contributed by atoms with Crippen LogP contribution < -0.4 is 4.74 Å². The van der Waals surface area contributed by atoms with Crippen molar-refractivity contribution >= 4 is 5.91 Å². The zero-order valence-electron chi connectivity index (χ0n) is 11.6. The van der Waals surface area contributed by atoms with Crippen LogP contribution in [0.2, 0.25) is 0 Å². The molecule has 1 saturated carbocycles. The molecule has 1 aromatic carbocycles. The number of hydrogen-bond acceptors (Lipinski definition) is 3. The van der Waals surface area contributed by atoms with Crippen LogP contribution in [0.1, 0.15) is 25.7 Å². The van der Waals surface area contributed by atoms with Crippen LogP contribution in [0.15, 0.2) is 24.3 Å². The molecule has 20 heavy (non-hydrogen) atoms. The summed E-state index contributed by atoms with van der Waals surface area (Å²) in [5.74, 6) is -0.695. The van der Waals surface area contributed by atoms with Gasteiger partial charge in [-0.15, -0.1) is 0 Å². The first kappa shape index (κ1) is 14.8. The van der Waals surface area contributed by atoms with Gasteiger partial charge < -0.3 is 14.7 Å². The molecule has 2 rings (SSSR count). The first-order valence-corrected chi connectivity index (χ1v) is 6.84. The Morgan fingerprint density at radius 2 is 2.05 bits per heavy atom. The predicted octanol–water partition coefficient (Wildman–Crippen LogP) is 1.97. The molecule has 0 radical (unpaired) electrons. The molecule has 1 amide bonds. The van der Waals surface area contributed by atoms with Gasteiger partial charge in [-0.2, -0.15) is 0 Å². The van der Waals surface area contributed by atoms with E-state index in [1.54, 1.807) is 19.2 Å². The molecule has 4 nitrogen and oxygen atoms in total. The molecule has 0 unspecified atom stereocenters. The first-order chi connectivity index (χ1) is 9.50. The second kappa shape index (κ2) is 6.22. The Morgan fingerprint density at radius 1 is 1.40 bits per heavy atom. The van der Waals surface area contributed by atoms with Gasteiger partial charge in [0, 0.05) is 13.6 Å². The van der Waals surface area contributed by atoms with Crippen molar-refractivity contribution in [3.63, 3.8) is 0 Å². The summed E-state index contributed by atoms with van der Waals surface area (Å²) < 4.78 is 18.5.